The van der Waals surface area contributed by atoms with Crippen molar-refractivity contribution in [2.75, 3.05) is 26.5 Å². The number of aldehydes is 1. The first-order valence-electron chi connectivity index (χ1n) is 4.91. The van der Waals surface area contributed by atoms with Gasteiger partial charge in [0.2, 0.25) is 0 Å². The molecule has 1 aromatic heterocycles. The molecule has 6 nitrogen and oxygen atoms in total. The number of methoxy groups -OCH3 is 1. The van der Waals surface area contributed by atoms with Crippen molar-refractivity contribution in [3.63, 3.8) is 0 Å². The van der Waals surface area contributed by atoms with E-state index in [2.05, 4.69) is 15.0 Å². The van der Waals surface area contributed by atoms with E-state index in [9.17, 15) is 9.59 Å². The third kappa shape index (κ3) is 5.62. The molecule has 0 radical (unpaired) electrons. The van der Waals surface area contributed by atoms with Crippen LogP contribution < -0.4 is 11.1 Å². The summed E-state index contributed by atoms with van der Waals surface area (Å²) in [5.74, 6) is -0.432. The van der Waals surface area contributed by atoms with Crippen LogP contribution in [0.25, 0.3) is 0 Å². The van der Waals surface area contributed by atoms with Gasteiger partial charge in [0.05, 0.1) is 12.2 Å². The molecule has 94 valence electrons. The largest absolute Gasteiger partial charge is 0.397 e. The van der Waals surface area contributed by atoms with Gasteiger partial charge in [-0.25, -0.2) is 4.98 Å². The quantitative estimate of drug-likeness (QED) is 0.733. The average molecular weight is 239 g/mol. The van der Waals surface area contributed by atoms with Crippen molar-refractivity contribution in [1.82, 2.24) is 10.3 Å². The number of amides is 1. The maximum absolute atomic E-state index is 11.4. The monoisotopic (exact) mass is 239 g/mol. The number of ether oxygens (including phenoxy) is 1. The van der Waals surface area contributed by atoms with Crippen molar-refractivity contribution < 1.29 is 14.3 Å². The number of hydrogen-bond donors (Lipinski definition) is 2. The molecule has 1 heterocycles. The van der Waals surface area contributed by atoms with Gasteiger partial charge in [-0.05, 0) is 19.1 Å². The Labute approximate surface area is 100 Å². The molecule has 0 saturated carbocycles. The van der Waals surface area contributed by atoms with E-state index in [0.717, 1.165) is 0 Å². The summed E-state index contributed by atoms with van der Waals surface area (Å²) < 4.78 is 4.25. The third-order valence-electron chi connectivity index (χ3n) is 1.63. The fraction of sp³-hybridized carbons (Fsp3) is 0.364. The van der Waals surface area contributed by atoms with Crippen molar-refractivity contribution in [3.05, 3.63) is 23.5 Å². The molecule has 17 heavy (non-hydrogen) atoms. The number of aryl methyl sites for hydroxylation is 1. The van der Waals surface area contributed by atoms with E-state index in [1.807, 2.05) is 0 Å². The minimum Gasteiger partial charge on any atom is -0.397 e. The molecule has 0 aromatic carbocycles. The lowest BCUT2D eigenvalue weighted by Crippen LogP contribution is -2.27. The van der Waals surface area contributed by atoms with Crippen LogP contribution in [-0.2, 0) is 9.53 Å². The molecule has 1 rings (SSSR count). The lowest BCUT2D eigenvalue weighted by molar-refractivity contribution is -0.107. The summed E-state index contributed by atoms with van der Waals surface area (Å²) in [5, 5.41) is 2.37. The summed E-state index contributed by atoms with van der Waals surface area (Å²) in [6, 6.07) is 3.32. The van der Waals surface area contributed by atoms with Crippen LogP contribution in [-0.4, -0.2) is 37.9 Å². The first kappa shape index (κ1) is 15.0. The molecular formula is C11H17N3O3. The van der Waals surface area contributed by atoms with E-state index in [0.29, 0.717) is 17.7 Å². The van der Waals surface area contributed by atoms with E-state index in [1.165, 1.54) is 0 Å². The van der Waals surface area contributed by atoms with E-state index in [1.54, 1.807) is 33.3 Å². The Kier molecular flexibility index (Phi) is 7.29. The van der Waals surface area contributed by atoms with Crippen molar-refractivity contribution in [1.29, 1.82) is 0 Å². The summed E-state index contributed by atoms with van der Waals surface area (Å²) in [6.45, 7) is 1.73. The zero-order valence-electron chi connectivity index (χ0n) is 10.2. The van der Waals surface area contributed by atoms with E-state index >= 15 is 0 Å². The Morgan fingerprint density at radius 1 is 1.53 bits per heavy atom. The van der Waals surface area contributed by atoms with Gasteiger partial charge in [-0.15, -0.1) is 0 Å². The van der Waals surface area contributed by atoms with Gasteiger partial charge in [-0.1, -0.05) is 0 Å². The van der Waals surface area contributed by atoms with E-state index in [4.69, 9.17) is 5.73 Å². The highest BCUT2D eigenvalue weighted by molar-refractivity contribution is 5.97. The second-order valence-corrected chi connectivity index (χ2v) is 3.18. The van der Waals surface area contributed by atoms with Crippen LogP contribution in [0.3, 0.4) is 0 Å². The van der Waals surface area contributed by atoms with Gasteiger partial charge in [0.25, 0.3) is 5.91 Å². The summed E-state index contributed by atoms with van der Waals surface area (Å²) in [7, 11) is 3.25. The van der Waals surface area contributed by atoms with Crippen LogP contribution in [0.5, 0.6) is 0 Å². The number of anilines is 1. The van der Waals surface area contributed by atoms with Crippen molar-refractivity contribution in [3.8, 4) is 0 Å². The molecule has 3 N–H and O–H groups in total. The predicted octanol–water partition coefficient (Wildman–Crippen LogP) is 0.164. The van der Waals surface area contributed by atoms with Crippen LogP contribution in [0.2, 0.25) is 0 Å². The Bertz CT molecular complexity index is 380. The Balaban J connectivity index is 0.000000770. The van der Waals surface area contributed by atoms with Crippen LogP contribution in [0.15, 0.2) is 12.1 Å². The molecular weight excluding hydrogens is 222 g/mol. The molecule has 0 aliphatic rings. The molecule has 6 heteroatoms. The minimum atomic E-state index is -0.432. The SMILES string of the molecule is COC.Cc1ccc(N)c(C(=O)NCC=O)n1. The molecule has 0 aliphatic heterocycles. The number of carbonyl (C=O) groups excluding carboxylic acids is 2. The number of nitrogens with one attached hydrogen (secondary N) is 1. The number of nitrogens with zero attached hydrogens (tertiary/aromatic N) is 1. The standard InChI is InChI=1S/C9H11N3O2.C2H6O/c1-6-2-3-7(10)8(12-6)9(14)11-4-5-13;1-3-2/h2-3,5H,4,10H2,1H3,(H,11,14);1-2H3. The van der Waals surface area contributed by atoms with Crippen LogP contribution >= 0.6 is 0 Å². The maximum atomic E-state index is 11.4. The van der Waals surface area contributed by atoms with Gasteiger partial charge >= 0.3 is 0 Å². The second kappa shape index (κ2) is 8.23. The minimum absolute atomic E-state index is 0.0338. The van der Waals surface area contributed by atoms with E-state index in [-0.39, 0.29) is 12.2 Å². The zero-order chi connectivity index (χ0) is 13.3. The van der Waals surface area contributed by atoms with Gasteiger partial charge in [0.1, 0.15) is 6.29 Å². The Hall–Kier alpha value is -1.95. The summed E-state index contributed by atoms with van der Waals surface area (Å²) >= 11 is 0. The van der Waals surface area contributed by atoms with Gasteiger partial charge in [0, 0.05) is 19.9 Å². The number of aromatic nitrogens is 1. The first-order chi connectivity index (χ1) is 8.06. The number of nitrogen functional groups attached to an aromatic ring is 1. The maximum Gasteiger partial charge on any atom is 0.272 e. The zero-order valence-corrected chi connectivity index (χ0v) is 10.2. The molecule has 1 amide bonds. The Morgan fingerprint density at radius 3 is 2.65 bits per heavy atom. The molecule has 0 fully saturated rings. The lowest BCUT2D eigenvalue weighted by atomic mass is 10.2. The third-order valence-corrected chi connectivity index (χ3v) is 1.63. The van der Waals surface area contributed by atoms with E-state index < -0.39 is 5.91 Å². The molecule has 0 saturated heterocycles. The van der Waals surface area contributed by atoms with Crippen LogP contribution in [0.1, 0.15) is 16.2 Å². The molecule has 0 unspecified atom stereocenters. The van der Waals surface area contributed by atoms with Crippen molar-refractivity contribution in [2.24, 2.45) is 0 Å². The number of carbonyl (C=O) groups is 2. The highest BCUT2D eigenvalue weighted by Crippen LogP contribution is 2.08. The topological polar surface area (TPSA) is 94.3 Å². The van der Waals surface area contributed by atoms with Crippen molar-refractivity contribution in [2.45, 2.75) is 6.92 Å². The summed E-state index contributed by atoms with van der Waals surface area (Å²) in [6.07, 6.45) is 0.601. The number of rotatable bonds is 3. The van der Waals surface area contributed by atoms with Gasteiger partial charge < -0.3 is 20.6 Å². The van der Waals surface area contributed by atoms with Gasteiger partial charge in [-0.3, -0.25) is 4.79 Å². The van der Waals surface area contributed by atoms with Gasteiger partial charge in [-0.2, -0.15) is 0 Å². The van der Waals surface area contributed by atoms with Crippen LogP contribution in [0, 0.1) is 6.92 Å². The Morgan fingerprint density at radius 2 is 2.12 bits per heavy atom. The molecule has 0 atom stereocenters. The first-order valence-corrected chi connectivity index (χ1v) is 4.91. The molecule has 1 aromatic rings. The normalized spacial score (nSPS) is 8.88. The molecule has 0 spiro atoms. The predicted molar refractivity (Wildman–Crippen MR) is 64.7 cm³/mol. The highest BCUT2D eigenvalue weighted by atomic mass is 16.4. The summed E-state index contributed by atoms with van der Waals surface area (Å²) in [5.41, 5.74) is 6.72. The average Bonchev–Trinajstić information content (AvgIpc) is 2.30. The van der Waals surface area contributed by atoms with Crippen LogP contribution in [0.4, 0.5) is 5.69 Å². The number of hydrogen-bond acceptors (Lipinski definition) is 5. The summed E-state index contributed by atoms with van der Waals surface area (Å²) in [4.78, 5) is 25.4. The smallest absolute Gasteiger partial charge is 0.272 e. The number of nitrogens with two attached hydrogens (primary N) is 1. The fourth-order valence-electron chi connectivity index (χ4n) is 0.967. The second-order valence-electron chi connectivity index (χ2n) is 3.18. The van der Waals surface area contributed by atoms with Crippen molar-refractivity contribution >= 4 is 17.9 Å². The van der Waals surface area contributed by atoms with Gasteiger partial charge in [0.15, 0.2) is 5.69 Å². The number of pyridine rings is 1. The molecule has 0 bridgehead atoms. The highest BCUT2D eigenvalue weighted by Gasteiger charge is 2.10. The molecule has 0 aliphatic carbocycles. The fourth-order valence-corrected chi connectivity index (χ4v) is 0.967. The lowest BCUT2D eigenvalue weighted by Gasteiger charge is -2.04.